The molecule has 1 aliphatic rings. The first-order valence-electron chi connectivity index (χ1n) is 12.8. The van der Waals surface area contributed by atoms with Gasteiger partial charge in [0, 0.05) is 30.1 Å². The van der Waals surface area contributed by atoms with E-state index in [0.29, 0.717) is 65.1 Å². The highest BCUT2D eigenvalue weighted by Gasteiger charge is 2.21. The van der Waals surface area contributed by atoms with E-state index >= 15 is 0 Å². The zero-order valence-corrected chi connectivity index (χ0v) is 21.9. The van der Waals surface area contributed by atoms with Crippen molar-refractivity contribution in [1.82, 2.24) is 9.55 Å². The zero-order chi connectivity index (χ0) is 26.6. The fourth-order valence-electron chi connectivity index (χ4n) is 5.01. The van der Waals surface area contributed by atoms with Crippen molar-refractivity contribution in [1.29, 1.82) is 0 Å². The maximum atomic E-state index is 14.3. The Morgan fingerprint density at radius 3 is 2.47 bits per heavy atom. The van der Waals surface area contributed by atoms with Crippen LogP contribution in [-0.4, -0.2) is 29.2 Å². The lowest BCUT2D eigenvalue weighted by molar-refractivity contribution is -0.140. The minimum Gasteiger partial charge on any atom is -0.492 e. The molecule has 0 atom stereocenters. The predicted octanol–water partition coefficient (Wildman–Crippen LogP) is 7.36. The maximum absolute atomic E-state index is 14.3. The van der Waals surface area contributed by atoms with E-state index in [1.165, 1.54) is 26.0 Å². The minimum absolute atomic E-state index is 0.258. The molecule has 0 spiro atoms. The number of carbonyl (C=O) groups is 1. The summed E-state index contributed by atoms with van der Waals surface area (Å²) in [7, 11) is 1.37. The summed E-state index contributed by atoms with van der Waals surface area (Å²) in [5.41, 5.74) is 3.48. The van der Waals surface area contributed by atoms with Gasteiger partial charge in [-0.2, -0.15) is 0 Å². The van der Waals surface area contributed by atoms with Crippen LogP contribution in [0, 0.1) is 17.6 Å². The summed E-state index contributed by atoms with van der Waals surface area (Å²) in [5.74, 6) is -0.499. The summed E-state index contributed by atoms with van der Waals surface area (Å²) in [6, 6.07) is 15.5. The van der Waals surface area contributed by atoms with Gasteiger partial charge in [0.25, 0.3) is 0 Å². The number of benzene rings is 3. The number of carbonyl (C=O) groups excluding carboxylic acids is 1. The van der Waals surface area contributed by atoms with Crippen LogP contribution in [0.2, 0.25) is 5.02 Å². The summed E-state index contributed by atoms with van der Waals surface area (Å²) < 4.78 is 41.3. The molecule has 1 fully saturated rings. The van der Waals surface area contributed by atoms with Crippen molar-refractivity contribution in [3.63, 3.8) is 0 Å². The predicted molar refractivity (Wildman–Crippen MR) is 143 cm³/mol. The summed E-state index contributed by atoms with van der Waals surface area (Å²) in [6.07, 6.45) is 5.58. The van der Waals surface area contributed by atoms with Crippen LogP contribution in [0.4, 0.5) is 8.78 Å². The molecule has 0 radical (unpaired) electrons. The van der Waals surface area contributed by atoms with Crippen molar-refractivity contribution < 1.29 is 23.0 Å². The van der Waals surface area contributed by atoms with E-state index < -0.39 is 11.6 Å². The van der Waals surface area contributed by atoms with Crippen molar-refractivity contribution in [2.75, 3.05) is 13.7 Å². The molecule has 3 aromatic carbocycles. The number of hydrogen-bond acceptors (Lipinski definition) is 4. The smallest absolute Gasteiger partial charge is 0.305 e. The number of nitrogens with zero attached hydrogens (tertiary/aromatic N) is 2. The average Bonchev–Trinajstić information content (AvgIpc) is 3.56. The van der Waals surface area contributed by atoms with Gasteiger partial charge in [0.05, 0.1) is 30.3 Å². The van der Waals surface area contributed by atoms with Gasteiger partial charge in [-0.1, -0.05) is 48.7 Å². The number of aromatic nitrogens is 2. The molecule has 1 saturated carbocycles. The van der Waals surface area contributed by atoms with Crippen molar-refractivity contribution >= 4 is 28.6 Å². The van der Waals surface area contributed by atoms with E-state index in [9.17, 15) is 13.6 Å². The third-order valence-electron chi connectivity index (χ3n) is 7.13. The molecule has 1 heterocycles. The van der Waals surface area contributed by atoms with Gasteiger partial charge in [-0.3, -0.25) is 4.79 Å². The Morgan fingerprint density at radius 2 is 1.74 bits per heavy atom. The highest BCUT2D eigenvalue weighted by Crippen LogP contribution is 2.36. The number of halogens is 3. The van der Waals surface area contributed by atoms with E-state index in [4.69, 9.17) is 26.1 Å². The summed E-state index contributed by atoms with van der Waals surface area (Å²) in [4.78, 5) is 16.2. The van der Waals surface area contributed by atoms with Crippen LogP contribution >= 0.6 is 11.6 Å². The van der Waals surface area contributed by atoms with Crippen LogP contribution in [0.5, 0.6) is 5.75 Å². The lowest BCUT2D eigenvalue weighted by Gasteiger charge is -2.16. The van der Waals surface area contributed by atoms with Crippen molar-refractivity contribution in [3.05, 3.63) is 82.4 Å². The zero-order valence-electron chi connectivity index (χ0n) is 21.2. The molecule has 0 bridgehead atoms. The molecule has 38 heavy (non-hydrogen) atoms. The lowest BCUT2D eigenvalue weighted by Crippen LogP contribution is -2.09. The first kappa shape index (κ1) is 26.2. The van der Waals surface area contributed by atoms with Gasteiger partial charge in [-0.25, -0.2) is 13.8 Å². The number of esters is 1. The van der Waals surface area contributed by atoms with Crippen molar-refractivity contribution in [3.8, 4) is 17.1 Å². The molecule has 0 aliphatic heterocycles. The normalized spacial score (nSPS) is 13.8. The molecular weight excluding hydrogens is 510 g/mol. The third kappa shape index (κ3) is 5.83. The van der Waals surface area contributed by atoms with Gasteiger partial charge in [0.2, 0.25) is 0 Å². The van der Waals surface area contributed by atoms with Crippen LogP contribution in [0.25, 0.3) is 22.4 Å². The molecule has 198 valence electrons. The summed E-state index contributed by atoms with van der Waals surface area (Å²) in [5, 5.41) is 0.539. The third-order valence-corrected chi connectivity index (χ3v) is 7.37. The molecule has 1 aliphatic carbocycles. The first-order valence-corrected chi connectivity index (χ1v) is 13.2. The van der Waals surface area contributed by atoms with Crippen LogP contribution in [0.3, 0.4) is 0 Å². The minimum atomic E-state index is -0.947. The topological polar surface area (TPSA) is 53.4 Å². The van der Waals surface area contributed by atoms with Crippen LogP contribution in [0.1, 0.15) is 43.2 Å². The number of hydrogen-bond donors (Lipinski definition) is 0. The Labute approximate surface area is 225 Å². The van der Waals surface area contributed by atoms with E-state index in [1.54, 1.807) is 12.1 Å². The Kier molecular flexibility index (Phi) is 7.93. The van der Waals surface area contributed by atoms with Gasteiger partial charge in [-0.15, -0.1) is 0 Å². The average molecular weight is 539 g/mol. The Morgan fingerprint density at radius 1 is 1.03 bits per heavy atom. The monoisotopic (exact) mass is 538 g/mol. The molecule has 0 N–H and O–H groups in total. The molecule has 0 amide bonds. The first-order chi connectivity index (χ1) is 18.4. The Balaban J connectivity index is 1.51. The second-order valence-corrected chi connectivity index (χ2v) is 10.2. The van der Waals surface area contributed by atoms with Crippen LogP contribution in [-0.2, 0) is 22.5 Å². The fourth-order valence-corrected chi connectivity index (χ4v) is 5.18. The number of ether oxygens (including phenoxy) is 2. The molecule has 4 aromatic rings. The Bertz CT molecular complexity index is 1450. The van der Waals surface area contributed by atoms with E-state index in [2.05, 4.69) is 0 Å². The van der Waals surface area contributed by atoms with Gasteiger partial charge >= 0.3 is 5.97 Å². The van der Waals surface area contributed by atoms with E-state index in [0.717, 1.165) is 30.0 Å². The molecule has 0 saturated heterocycles. The fraction of sp³-hybridized carbons (Fsp3) is 0.333. The van der Waals surface area contributed by atoms with Crippen molar-refractivity contribution in [2.45, 2.75) is 45.1 Å². The maximum Gasteiger partial charge on any atom is 0.305 e. The van der Waals surface area contributed by atoms with E-state index in [-0.39, 0.29) is 5.97 Å². The summed E-state index contributed by atoms with van der Waals surface area (Å²) >= 11 is 6.32. The van der Waals surface area contributed by atoms with Gasteiger partial charge in [-0.05, 0) is 54.5 Å². The summed E-state index contributed by atoms with van der Waals surface area (Å²) in [6.45, 7) is 0.961. The molecule has 8 heteroatoms. The molecular formula is C30H29ClF2N2O3. The Hall–Kier alpha value is -3.45. The van der Waals surface area contributed by atoms with Gasteiger partial charge in [0.1, 0.15) is 11.6 Å². The number of imidazole rings is 1. The molecule has 1 aromatic heterocycles. The quantitative estimate of drug-likeness (QED) is 0.209. The molecule has 5 nitrogen and oxygen atoms in total. The number of methoxy groups -OCH3 is 1. The van der Waals surface area contributed by atoms with Crippen LogP contribution < -0.4 is 4.74 Å². The SMILES string of the molecule is COC(=O)CCc1ccc(Cn2c(-c3ccc(Cl)cc3OCC3CCCC3)nc3cc(F)c(F)cc32)cc1. The number of aryl methyl sites for hydroxylation is 1. The molecule has 5 rings (SSSR count). The molecule has 0 unspecified atom stereocenters. The number of fused-ring (bicyclic) bond motifs is 1. The van der Waals surface area contributed by atoms with E-state index in [1.807, 2.05) is 34.9 Å². The second-order valence-electron chi connectivity index (χ2n) is 9.77. The standard InChI is InChI=1S/C30H29ClF2N2O3/c1-37-29(36)13-10-19-6-8-20(9-7-19)17-35-27-16-25(33)24(32)15-26(27)34-30(35)23-12-11-22(31)14-28(23)38-18-21-4-2-3-5-21/h6-9,11-12,14-16,21H,2-5,10,13,17-18H2,1H3. The second kappa shape index (κ2) is 11.5. The van der Waals surface area contributed by atoms with Gasteiger partial charge in [0.15, 0.2) is 11.6 Å². The highest BCUT2D eigenvalue weighted by molar-refractivity contribution is 6.30. The number of rotatable bonds is 9. The van der Waals surface area contributed by atoms with Crippen molar-refractivity contribution in [2.24, 2.45) is 5.92 Å². The lowest BCUT2D eigenvalue weighted by atomic mass is 10.1. The van der Waals surface area contributed by atoms with Gasteiger partial charge < -0.3 is 14.0 Å². The highest BCUT2D eigenvalue weighted by atomic mass is 35.5. The largest absolute Gasteiger partial charge is 0.492 e. The van der Waals surface area contributed by atoms with Crippen LogP contribution in [0.15, 0.2) is 54.6 Å².